The first kappa shape index (κ1) is 11.4. The second kappa shape index (κ2) is 4.53. The molecule has 94 valence electrons. The number of aryl methyl sites for hydroxylation is 1. The van der Waals surface area contributed by atoms with Gasteiger partial charge in [-0.25, -0.2) is 0 Å². The van der Waals surface area contributed by atoms with Gasteiger partial charge in [-0.1, -0.05) is 12.1 Å². The Labute approximate surface area is 109 Å². The Balaban J connectivity index is 1.97. The highest BCUT2D eigenvalue weighted by Crippen LogP contribution is 2.17. The largest absolute Gasteiger partial charge is 0.319 e. The molecule has 0 fully saturated rings. The van der Waals surface area contributed by atoms with Gasteiger partial charge in [-0.2, -0.15) is 5.10 Å². The van der Waals surface area contributed by atoms with Gasteiger partial charge in [0.1, 0.15) is 0 Å². The van der Waals surface area contributed by atoms with Gasteiger partial charge in [-0.15, -0.1) is 0 Å². The van der Waals surface area contributed by atoms with Crippen LogP contribution in [0.5, 0.6) is 0 Å². The summed E-state index contributed by atoms with van der Waals surface area (Å²) in [6, 6.07) is 9.21. The van der Waals surface area contributed by atoms with Crippen molar-refractivity contribution in [3.63, 3.8) is 0 Å². The van der Waals surface area contributed by atoms with Gasteiger partial charge < -0.3 is 5.32 Å². The van der Waals surface area contributed by atoms with Crippen molar-refractivity contribution < 1.29 is 4.79 Å². The molecule has 1 amide bonds. The van der Waals surface area contributed by atoms with Gasteiger partial charge in [0.15, 0.2) is 0 Å². The average molecular weight is 252 g/mol. The number of anilines is 1. The monoisotopic (exact) mass is 252 g/mol. The molecule has 1 N–H and O–H groups in total. The Morgan fingerprint density at radius 1 is 1.26 bits per heavy atom. The molecule has 19 heavy (non-hydrogen) atoms. The lowest BCUT2D eigenvalue weighted by Crippen LogP contribution is -2.12. The standard InChI is InChI=1S/C14H12N4O/c1-18-9-10(8-16-18)17-14(19)12-4-2-6-13-11(12)5-3-7-15-13/h2-9H,1H3,(H,17,19). The molecule has 0 spiro atoms. The fourth-order valence-corrected chi connectivity index (χ4v) is 1.99. The molecule has 0 unspecified atom stereocenters. The van der Waals surface area contributed by atoms with Gasteiger partial charge in [-0.3, -0.25) is 14.5 Å². The minimum Gasteiger partial charge on any atom is -0.319 e. The third-order valence-corrected chi connectivity index (χ3v) is 2.85. The van der Waals surface area contributed by atoms with E-state index < -0.39 is 0 Å². The van der Waals surface area contributed by atoms with Crippen LogP contribution in [0.15, 0.2) is 48.9 Å². The summed E-state index contributed by atoms with van der Waals surface area (Å²) in [5, 5.41) is 7.68. The van der Waals surface area contributed by atoms with Crippen LogP contribution in [0, 0.1) is 0 Å². The van der Waals surface area contributed by atoms with E-state index in [1.807, 2.05) is 24.3 Å². The van der Waals surface area contributed by atoms with Crippen molar-refractivity contribution in [2.45, 2.75) is 0 Å². The van der Waals surface area contributed by atoms with E-state index in [9.17, 15) is 4.79 Å². The molecule has 0 saturated carbocycles. The van der Waals surface area contributed by atoms with Crippen molar-refractivity contribution in [3.05, 3.63) is 54.5 Å². The third kappa shape index (κ3) is 2.18. The summed E-state index contributed by atoms with van der Waals surface area (Å²) in [5.41, 5.74) is 2.09. The highest BCUT2D eigenvalue weighted by atomic mass is 16.1. The molecule has 5 nitrogen and oxygen atoms in total. The average Bonchev–Trinajstić information content (AvgIpc) is 2.83. The second-order valence-corrected chi connectivity index (χ2v) is 4.23. The summed E-state index contributed by atoms with van der Waals surface area (Å²) in [6.07, 6.45) is 5.08. The van der Waals surface area contributed by atoms with Crippen molar-refractivity contribution in [1.29, 1.82) is 0 Å². The Kier molecular flexibility index (Phi) is 2.72. The molecule has 0 saturated heterocycles. The summed E-state index contributed by atoms with van der Waals surface area (Å²) in [6.45, 7) is 0. The predicted octanol–water partition coefficient (Wildman–Crippen LogP) is 2.22. The molecule has 1 aromatic carbocycles. The topological polar surface area (TPSA) is 59.8 Å². The first-order valence-corrected chi connectivity index (χ1v) is 5.88. The molecule has 0 bridgehead atoms. The molecule has 5 heteroatoms. The lowest BCUT2D eigenvalue weighted by atomic mass is 10.1. The number of amides is 1. The molecule has 0 aliphatic carbocycles. The number of rotatable bonds is 2. The van der Waals surface area contributed by atoms with Crippen LogP contribution in [-0.4, -0.2) is 20.7 Å². The lowest BCUT2D eigenvalue weighted by molar-refractivity contribution is 0.102. The van der Waals surface area contributed by atoms with E-state index in [0.717, 1.165) is 10.9 Å². The molecule has 0 atom stereocenters. The number of aromatic nitrogens is 3. The van der Waals surface area contributed by atoms with Crippen LogP contribution in [0.4, 0.5) is 5.69 Å². The SMILES string of the molecule is Cn1cc(NC(=O)c2cccc3ncccc23)cn1. The van der Waals surface area contributed by atoms with E-state index in [-0.39, 0.29) is 5.91 Å². The van der Waals surface area contributed by atoms with Crippen LogP contribution in [0.1, 0.15) is 10.4 Å². The number of nitrogens with zero attached hydrogens (tertiary/aromatic N) is 3. The third-order valence-electron chi connectivity index (χ3n) is 2.85. The molecular weight excluding hydrogens is 240 g/mol. The molecule has 3 rings (SSSR count). The first-order chi connectivity index (χ1) is 9.24. The number of pyridine rings is 1. The van der Waals surface area contributed by atoms with Gasteiger partial charge in [-0.05, 0) is 18.2 Å². The van der Waals surface area contributed by atoms with Crippen molar-refractivity contribution >= 4 is 22.5 Å². The zero-order chi connectivity index (χ0) is 13.2. The predicted molar refractivity (Wildman–Crippen MR) is 72.9 cm³/mol. The summed E-state index contributed by atoms with van der Waals surface area (Å²) in [7, 11) is 1.80. The van der Waals surface area contributed by atoms with E-state index in [0.29, 0.717) is 11.3 Å². The van der Waals surface area contributed by atoms with E-state index in [4.69, 9.17) is 0 Å². The molecule has 3 aromatic rings. The van der Waals surface area contributed by atoms with Gasteiger partial charge in [0.2, 0.25) is 0 Å². The van der Waals surface area contributed by atoms with Crippen LogP contribution in [0.25, 0.3) is 10.9 Å². The van der Waals surface area contributed by atoms with Gasteiger partial charge in [0, 0.05) is 30.4 Å². The van der Waals surface area contributed by atoms with E-state index >= 15 is 0 Å². The molecule has 0 aliphatic rings. The summed E-state index contributed by atoms with van der Waals surface area (Å²) >= 11 is 0. The Bertz CT molecular complexity index is 743. The quantitative estimate of drug-likeness (QED) is 0.760. The normalized spacial score (nSPS) is 10.6. The van der Waals surface area contributed by atoms with Crippen molar-refractivity contribution in [2.24, 2.45) is 7.05 Å². The summed E-state index contributed by atoms with van der Waals surface area (Å²) in [5.74, 6) is -0.161. The van der Waals surface area contributed by atoms with E-state index in [1.54, 1.807) is 36.4 Å². The molecule has 2 heterocycles. The number of hydrogen-bond acceptors (Lipinski definition) is 3. The van der Waals surface area contributed by atoms with Gasteiger partial charge >= 0.3 is 0 Å². The zero-order valence-electron chi connectivity index (χ0n) is 10.4. The molecular formula is C14H12N4O. The van der Waals surface area contributed by atoms with Crippen LogP contribution in [0.2, 0.25) is 0 Å². The lowest BCUT2D eigenvalue weighted by Gasteiger charge is -2.05. The molecule has 2 aromatic heterocycles. The van der Waals surface area contributed by atoms with Gasteiger partial charge in [0.05, 0.1) is 17.4 Å². The Morgan fingerprint density at radius 3 is 2.95 bits per heavy atom. The zero-order valence-corrected chi connectivity index (χ0v) is 10.4. The highest BCUT2D eigenvalue weighted by molar-refractivity contribution is 6.12. The highest BCUT2D eigenvalue weighted by Gasteiger charge is 2.10. The number of fused-ring (bicyclic) bond motifs is 1. The maximum Gasteiger partial charge on any atom is 0.256 e. The number of carbonyl (C=O) groups is 1. The number of hydrogen-bond donors (Lipinski definition) is 1. The maximum atomic E-state index is 12.3. The van der Waals surface area contributed by atoms with E-state index in [1.165, 1.54) is 0 Å². The second-order valence-electron chi connectivity index (χ2n) is 4.23. The Morgan fingerprint density at radius 2 is 2.16 bits per heavy atom. The molecule has 0 radical (unpaired) electrons. The fraction of sp³-hybridized carbons (Fsp3) is 0.0714. The smallest absolute Gasteiger partial charge is 0.256 e. The van der Waals surface area contributed by atoms with Crippen LogP contribution in [-0.2, 0) is 7.05 Å². The van der Waals surface area contributed by atoms with Crippen LogP contribution < -0.4 is 5.32 Å². The van der Waals surface area contributed by atoms with Crippen molar-refractivity contribution in [3.8, 4) is 0 Å². The number of nitrogens with one attached hydrogen (secondary N) is 1. The fourth-order valence-electron chi connectivity index (χ4n) is 1.99. The van der Waals surface area contributed by atoms with Crippen molar-refractivity contribution in [1.82, 2.24) is 14.8 Å². The number of carbonyl (C=O) groups excluding carboxylic acids is 1. The van der Waals surface area contributed by atoms with Crippen LogP contribution >= 0.6 is 0 Å². The van der Waals surface area contributed by atoms with Crippen LogP contribution in [0.3, 0.4) is 0 Å². The minimum absolute atomic E-state index is 0.161. The first-order valence-electron chi connectivity index (χ1n) is 5.88. The minimum atomic E-state index is -0.161. The number of benzene rings is 1. The maximum absolute atomic E-state index is 12.3. The Hall–Kier alpha value is -2.69. The summed E-state index contributed by atoms with van der Waals surface area (Å²) < 4.78 is 1.64. The van der Waals surface area contributed by atoms with E-state index in [2.05, 4.69) is 15.4 Å². The van der Waals surface area contributed by atoms with Crippen molar-refractivity contribution in [2.75, 3.05) is 5.32 Å². The molecule has 0 aliphatic heterocycles. The summed E-state index contributed by atoms with van der Waals surface area (Å²) in [4.78, 5) is 16.5. The van der Waals surface area contributed by atoms with Gasteiger partial charge in [0.25, 0.3) is 5.91 Å².